The van der Waals surface area contributed by atoms with Crippen LogP contribution in [0.2, 0.25) is 0 Å². The summed E-state index contributed by atoms with van der Waals surface area (Å²) in [4.78, 5) is 23.2. The minimum Gasteiger partial charge on any atom is -0.453 e. The van der Waals surface area contributed by atoms with E-state index in [1.165, 1.54) is 7.11 Å². The summed E-state index contributed by atoms with van der Waals surface area (Å²) in [5.74, 6) is -0.436. The highest BCUT2D eigenvalue weighted by molar-refractivity contribution is 5.94. The molecule has 2 aromatic carbocycles. The molecule has 1 atom stereocenters. The van der Waals surface area contributed by atoms with Gasteiger partial charge in [-0.3, -0.25) is 15.4 Å². The molecular weight excluding hydrogens is 292 g/mol. The quantitative estimate of drug-likeness (QED) is 0.890. The van der Waals surface area contributed by atoms with Crippen LogP contribution in [0, 0.1) is 0 Å². The number of hydrogen-bond donors (Lipinski definition) is 2. The zero-order chi connectivity index (χ0) is 16.7. The second-order valence-electron chi connectivity index (χ2n) is 5.12. The highest BCUT2D eigenvalue weighted by Gasteiger charge is 2.21. The van der Waals surface area contributed by atoms with Crippen LogP contribution in [0.4, 0.5) is 4.79 Å². The van der Waals surface area contributed by atoms with E-state index in [1.807, 2.05) is 60.7 Å². The van der Waals surface area contributed by atoms with Crippen LogP contribution in [0.1, 0.15) is 24.1 Å². The smallest absolute Gasteiger partial charge is 0.413 e. The van der Waals surface area contributed by atoms with Crippen LogP contribution >= 0.6 is 0 Å². The van der Waals surface area contributed by atoms with Crippen molar-refractivity contribution in [3.8, 4) is 0 Å². The average Bonchev–Trinajstić information content (AvgIpc) is 2.60. The van der Waals surface area contributed by atoms with Crippen molar-refractivity contribution >= 4 is 12.0 Å². The van der Waals surface area contributed by atoms with Crippen molar-refractivity contribution in [1.82, 2.24) is 10.6 Å². The van der Waals surface area contributed by atoms with E-state index in [9.17, 15) is 9.59 Å². The molecule has 0 aliphatic carbocycles. The molecule has 0 aliphatic rings. The van der Waals surface area contributed by atoms with Gasteiger partial charge in [0.25, 0.3) is 0 Å². The first kappa shape index (κ1) is 16.7. The van der Waals surface area contributed by atoms with Gasteiger partial charge in [-0.2, -0.15) is 0 Å². The number of hydrogen-bond acceptors (Lipinski definition) is 4. The molecule has 5 nitrogen and oxygen atoms in total. The molecule has 2 N–H and O–H groups in total. The fraction of sp³-hybridized carbons (Fsp3) is 0.222. The third-order valence-corrected chi connectivity index (χ3v) is 3.49. The number of methoxy groups -OCH3 is 1. The summed E-state index contributed by atoms with van der Waals surface area (Å²) in [6, 6.07) is 18.9. The van der Waals surface area contributed by atoms with Crippen molar-refractivity contribution in [3.63, 3.8) is 0 Å². The first-order valence-corrected chi connectivity index (χ1v) is 7.36. The Kier molecular flexibility index (Phi) is 5.88. The summed E-state index contributed by atoms with van der Waals surface area (Å²) < 4.78 is 4.45. The average molecular weight is 312 g/mol. The fourth-order valence-corrected chi connectivity index (χ4v) is 2.26. The van der Waals surface area contributed by atoms with E-state index in [4.69, 9.17) is 0 Å². The number of nitrogens with one attached hydrogen (secondary N) is 2. The number of benzene rings is 2. The lowest BCUT2D eigenvalue weighted by Crippen LogP contribution is -2.45. The summed E-state index contributed by atoms with van der Waals surface area (Å²) in [5.41, 5.74) is 2.08. The van der Waals surface area contributed by atoms with Gasteiger partial charge in [-0.15, -0.1) is 0 Å². The topological polar surface area (TPSA) is 67.4 Å². The van der Waals surface area contributed by atoms with Gasteiger partial charge in [0.05, 0.1) is 19.2 Å². The van der Waals surface area contributed by atoms with Gasteiger partial charge in [-0.05, 0) is 18.1 Å². The van der Waals surface area contributed by atoms with Crippen LogP contribution in [0.5, 0.6) is 0 Å². The maximum atomic E-state index is 12.0. The molecule has 0 bridgehead atoms. The van der Waals surface area contributed by atoms with E-state index < -0.39 is 18.0 Å². The summed E-state index contributed by atoms with van der Waals surface area (Å²) in [6.45, 7) is 1.71. The zero-order valence-electron chi connectivity index (χ0n) is 13.2. The van der Waals surface area contributed by atoms with Crippen LogP contribution < -0.4 is 10.6 Å². The van der Waals surface area contributed by atoms with Gasteiger partial charge < -0.3 is 4.74 Å². The molecule has 23 heavy (non-hydrogen) atoms. The first-order chi connectivity index (χ1) is 11.1. The molecule has 0 spiro atoms. The molecular formula is C18H20N2O3. The summed E-state index contributed by atoms with van der Waals surface area (Å²) >= 11 is 0. The number of carbonyl (C=O) groups is 2. The molecule has 2 aromatic rings. The molecule has 5 heteroatoms. The highest BCUT2D eigenvalue weighted by atomic mass is 16.5. The first-order valence-electron chi connectivity index (χ1n) is 7.36. The molecule has 0 aromatic heterocycles. The monoisotopic (exact) mass is 312 g/mol. The van der Waals surface area contributed by atoms with Gasteiger partial charge in [0.2, 0.25) is 5.91 Å². The van der Waals surface area contributed by atoms with Crippen LogP contribution in [-0.2, 0) is 9.53 Å². The predicted molar refractivity (Wildman–Crippen MR) is 87.9 cm³/mol. The molecule has 120 valence electrons. The third kappa shape index (κ3) is 4.66. The second kappa shape index (κ2) is 8.10. The predicted octanol–water partition coefficient (Wildman–Crippen LogP) is 2.64. The molecule has 0 aliphatic heterocycles. The van der Waals surface area contributed by atoms with Crippen molar-refractivity contribution in [2.24, 2.45) is 0 Å². The Morgan fingerprint density at radius 1 is 0.913 bits per heavy atom. The number of rotatable bonds is 5. The number of ether oxygens (including phenoxy) is 1. The Morgan fingerprint density at radius 3 is 1.83 bits per heavy atom. The normalized spacial score (nSPS) is 11.8. The third-order valence-electron chi connectivity index (χ3n) is 3.49. The van der Waals surface area contributed by atoms with Crippen LogP contribution in [-0.4, -0.2) is 25.2 Å². The number of carbonyl (C=O) groups excluding carboxylic acids is 2. The van der Waals surface area contributed by atoms with Crippen LogP contribution in [0.25, 0.3) is 0 Å². The molecule has 0 saturated carbocycles. The van der Waals surface area contributed by atoms with Gasteiger partial charge in [0.15, 0.2) is 0 Å². The Morgan fingerprint density at radius 2 is 1.39 bits per heavy atom. The van der Waals surface area contributed by atoms with Crippen molar-refractivity contribution in [2.45, 2.75) is 19.0 Å². The Bertz CT molecular complexity index is 604. The molecule has 0 fully saturated rings. The number of alkyl carbamates (subject to hydrolysis) is 1. The molecule has 2 rings (SSSR count). The van der Waals surface area contributed by atoms with E-state index in [0.717, 1.165) is 11.1 Å². The van der Waals surface area contributed by atoms with Crippen LogP contribution in [0.15, 0.2) is 60.7 Å². The van der Waals surface area contributed by atoms with E-state index in [0.29, 0.717) is 0 Å². The van der Waals surface area contributed by atoms with Gasteiger partial charge in [-0.25, -0.2) is 4.79 Å². The fourth-order valence-electron chi connectivity index (χ4n) is 2.26. The molecule has 0 heterocycles. The van der Waals surface area contributed by atoms with E-state index >= 15 is 0 Å². The van der Waals surface area contributed by atoms with Gasteiger partial charge in [-0.1, -0.05) is 60.7 Å². The largest absolute Gasteiger partial charge is 0.453 e. The van der Waals surface area contributed by atoms with Gasteiger partial charge >= 0.3 is 6.09 Å². The number of amides is 2. The van der Waals surface area contributed by atoms with Crippen molar-refractivity contribution in [1.29, 1.82) is 0 Å². The van der Waals surface area contributed by atoms with Gasteiger partial charge in [0.1, 0.15) is 0 Å². The molecule has 0 radical (unpaired) electrons. The maximum Gasteiger partial charge on any atom is 0.413 e. The lowest BCUT2D eigenvalue weighted by Gasteiger charge is -2.23. The molecule has 2 amide bonds. The lowest BCUT2D eigenvalue weighted by molar-refractivity contribution is -0.122. The molecule has 0 saturated heterocycles. The summed E-state index contributed by atoms with van der Waals surface area (Å²) in [6.07, 6.45) is -0.764. The number of imide groups is 1. The Balaban J connectivity index is 2.19. The van der Waals surface area contributed by atoms with E-state index in [1.54, 1.807) is 6.92 Å². The SMILES string of the molecule is COC(=O)NC(=O)[C@H](C)NC(c1ccccc1)c1ccccc1. The van der Waals surface area contributed by atoms with E-state index in [2.05, 4.69) is 15.4 Å². The summed E-state index contributed by atoms with van der Waals surface area (Å²) in [7, 11) is 1.22. The van der Waals surface area contributed by atoms with Gasteiger partial charge in [0, 0.05) is 0 Å². The second-order valence-corrected chi connectivity index (χ2v) is 5.12. The highest BCUT2D eigenvalue weighted by Crippen LogP contribution is 2.22. The lowest BCUT2D eigenvalue weighted by atomic mass is 9.98. The minimum absolute atomic E-state index is 0.157. The van der Waals surface area contributed by atoms with Crippen molar-refractivity contribution in [2.75, 3.05) is 7.11 Å². The zero-order valence-corrected chi connectivity index (χ0v) is 13.2. The molecule has 0 unspecified atom stereocenters. The van der Waals surface area contributed by atoms with Crippen molar-refractivity contribution < 1.29 is 14.3 Å². The van der Waals surface area contributed by atoms with E-state index in [-0.39, 0.29) is 6.04 Å². The maximum absolute atomic E-state index is 12.0. The van der Waals surface area contributed by atoms with Crippen molar-refractivity contribution in [3.05, 3.63) is 71.8 Å². The summed E-state index contributed by atoms with van der Waals surface area (Å²) in [5, 5.41) is 5.43. The minimum atomic E-state index is -0.764. The van der Waals surface area contributed by atoms with Crippen LogP contribution in [0.3, 0.4) is 0 Å². The Labute approximate surface area is 135 Å². The standard InChI is InChI=1S/C18H20N2O3/c1-13(17(21)20-18(22)23-2)19-16(14-9-5-3-6-10-14)15-11-7-4-8-12-15/h3-13,16,19H,1-2H3,(H,20,21,22)/t13-/m0/s1. The Hall–Kier alpha value is -2.66.